The van der Waals surface area contributed by atoms with E-state index in [9.17, 15) is 19.2 Å². The van der Waals surface area contributed by atoms with Gasteiger partial charge >= 0.3 is 5.97 Å². The summed E-state index contributed by atoms with van der Waals surface area (Å²) in [6.07, 6.45) is 0.211. The first-order valence-electron chi connectivity index (χ1n) is 9.46. The molecule has 9 nitrogen and oxygen atoms in total. The number of carbonyl (C=O) groups excluding carboxylic acids is 3. The zero-order valence-electron chi connectivity index (χ0n) is 17.1. The molecule has 29 heavy (non-hydrogen) atoms. The molecule has 4 atom stereocenters. The third-order valence-electron chi connectivity index (χ3n) is 4.42. The summed E-state index contributed by atoms with van der Waals surface area (Å²) in [5.41, 5.74) is 6.69. The maximum atomic E-state index is 12.7. The Morgan fingerprint density at radius 3 is 1.93 bits per heavy atom. The van der Waals surface area contributed by atoms with Gasteiger partial charge in [0, 0.05) is 6.42 Å². The van der Waals surface area contributed by atoms with Crippen LogP contribution in [0.15, 0.2) is 30.3 Å². The van der Waals surface area contributed by atoms with E-state index >= 15 is 0 Å². The summed E-state index contributed by atoms with van der Waals surface area (Å²) in [6.45, 7) is 6.35. The van der Waals surface area contributed by atoms with Crippen molar-refractivity contribution in [2.75, 3.05) is 0 Å². The Labute approximate surface area is 170 Å². The van der Waals surface area contributed by atoms with Crippen molar-refractivity contribution in [2.24, 2.45) is 11.7 Å². The topological polar surface area (TPSA) is 151 Å². The van der Waals surface area contributed by atoms with Crippen LogP contribution in [0.4, 0.5) is 0 Å². The van der Waals surface area contributed by atoms with Crippen molar-refractivity contribution in [3.05, 3.63) is 35.9 Å². The largest absolute Gasteiger partial charge is 0.480 e. The summed E-state index contributed by atoms with van der Waals surface area (Å²) in [6, 6.07) is 5.30. The second-order valence-corrected chi connectivity index (χ2v) is 7.32. The van der Waals surface area contributed by atoms with Gasteiger partial charge < -0.3 is 26.8 Å². The molecule has 1 aromatic rings. The van der Waals surface area contributed by atoms with Gasteiger partial charge in [0.05, 0.1) is 6.04 Å². The van der Waals surface area contributed by atoms with Crippen molar-refractivity contribution in [3.63, 3.8) is 0 Å². The number of benzene rings is 1. The van der Waals surface area contributed by atoms with Crippen LogP contribution in [0.2, 0.25) is 0 Å². The Morgan fingerprint density at radius 2 is 1.41 bits per heavy atom. The Bertz CT molecular complexity index is 723. The van der Waals surface area contributed by atoms with Crippen LogP contribution >= 0.6 is 0 Å². The van der Waals surface area contributed by atoms with Gasteiger partial charge in [-0.15, -0.1) is 0 Å². The number of hydrogen-bond acceptors (Lipinski definition) is 5. The van der Waals surface area contributed by atoms with Gasteiger partial charge in [0.15, 0.2) is 0 Å². The summed E-state index contributed by atoms with van der Waals surface area (Å²) in [5.74, 6) is -2.97. The Hall–Kier alpha value is -2.94. The minimum absolute atomic E-state index is 0.113. The number of aliphatic carboxylic acids is 1. The molecule has 1 aromatic carbocycles. The van der Waals surface area contributed by atoms with Crippen LogP contribution in [0, 0.1) is 5.92 Å². The molecule has 0 radical (unpaired) electrons. The molecule has 6 N–H and O–H groups in total. The number of carbonyl (C=O) groups is 4. The number of rotatable bonds is 10. The third kappa shape index (κ3) is 7.90. The summed E-state index contributed by atoms with van der Waals surface area (Å²) in [5, 5.41) is 16.3. The van der Waals surface area contributed by atoms with Crippen LogP contribution in [0.3, 0.4) is 0 Å². The average Bonchev–Trinajstić information content (AvgIpc) is 2.66. The van der Waals surface area contributed by atoms with Crippen molar-refractivity contribution in [2.45, 2.75) is 58.3 Å². The number of nitrogens with two attached hydrogens (primary N) is 1. The molecule has 0 bridgehead atoms. The maximum absolute atomic E-state index is 12.7. The van der Waals surface area contributed by atoms with E-state index < -0.39 is 47.9 Å². The molecule has 0 heterocycles. The third-order valence-corrected chi connectivity index (χ3v) is 4.42. The highest BCUT2D eigenvalue weighted by Crippen LogP contribution is 2.06. The number of carboxylic acids is 1. The second-order valence-electron chi connectivity index (χ2n) is 7.32. The first-order valence-corrected chi connectivity index (χ1v) is 9.46. The Kier molecular flexibility index (Phi) is 9.27. The van der Waals surface area contributed by atoms with Crippen LogP contribution in [0.25, 0.3) is 0 Å². The van der Waals surface area contributed by atoms with Crippen LogP contribution < -0.4 is 21.7 Å². The minimum Gasteiger partial charge on any atom is -0.480 e. The minimum atomic E-state index is -1.19. The normalized spacial score (nSPS) is 15.0. The molecular formula is C20H30N4O5. The van der Waals surface area contributed by atoms with Crippen molar-refractivity contribution >= 4 is 23.7 Å². The molecule has 0 spiro atoms. The SMILES string of the molecule is CC(NC(=O)C(C)NC(=O)C(Cc1ccccc1)NC(=O)C(N)C(C)C)C(=O)O. The van der Waals surface area contributed by atoms with Gasteiger partial charge in [0.25, 0.3) is 0 Å². The van der Waals surface area contributed by atoms with Gasteiger partial charge in [0.1, 0.15) is 18.1 Å². The van der Waals surface area contributed by atoms with Crippen molar-refractivity contribution in [1.29, 1.82) is 0 Å². The fraction of sp³-hybridized carbons (Fsp3) is 0.500. The number of amides is 3. The molecule has 0 saturated heterocycles. The molecule has 4 unspecified atom stereocenters. The van der Waals surface area contributed by atoms with Crippen molar-refractivity contribution in [3.8, 4) is 0 Å². The average molecular weight is 406 g/mol. The molecule has 160 valence electrons. The zero-order chi connectivity index (χ0) is 22.1. The second kappa shape index (κ2) is 11.2. The fourth-order valence-electron chi connectivity index (χ4n) is 2.41. The van der Waals surface area contributed by atoms with Gasteiger partial charge in [-0.3, -0.25) is 19.2 Å². The molecular weight excluding hydrogens is 376 g/mol. The standard InChI is InChI=1S/C20H30N4O5/c1-11(2)16(21)19(27)24-15(10-14-8-6-5-7-9-14)18(26)22-12(3)17(25)23-13(4)20(28)29/h5-9,11-13,15-16H,10,21H2,1-4H3,(H,22,26)(H,23,25)(H,24,27)(H,28,29). The number of carboxylic acid groups (broad SMARTS) is 1. The van der Waals surface area contributed by atoms with E-state index in [1.54, 1.807) is 13.8 Å². The van der Waals surface area contributed by atoms with Gasteiger partial charge in [-0.05, 0) is 25.3 Å². The van der Waals surface area contributed by atoms with Gasteiger partial charge in [0.2, 0.25) is 17.7 Å². The van der Waals surface area contributed by atoms with Crippen molar-refractivity contribution < 1.29 is 24.3 Å². The van der Waals surface area contributed by atoms with Gasteiger partial charge in [-0.2, -0.15) is 0 Å². The predicted molar refractivity (Wildman–Crippen MR) is 108 cm³/mol. The van der Waals surface area contributed by atoms with E-state index in [-0.39, 0.29) is 12.3 Å². The van der Waals surface area contributed by atoms with Crippen molar-refractivity contribution in [1.82, 2.24) is 16.0 Å². The highest BCUT2D eigenvalue weighted by atomic mass is 16.4. The fourth-order valence-corrected chi connectivity index (χ4v) is 2.41. The Morgan fingerprint density at radius 1 is 0.862 bits per heavy atom. The smallest absolute Gasteiger partial charge is 0.325 e. The van der Waals surface area contributed by atoms with E-state index in [2.05, 4.69) is 16.0 Å². The monoisotopic (exact) mass is 406 g/mol. The highest BCUT2D eigenvalue weighted by Gasteiger charge is 2.28. The molecule has 3 amide bonds. The van der Waals surface area contributed by atoms with Crippen LogP contribution in [0.1, 0.15) is 33.3 Å². The van der Waals surface area contributed by atoms with Gasteiger partial charge in [-0.25, -0.2) is 0 Å². The molecule has 0 fully saturated rings. The van der Waals surface area contributed by atoms with E-state index in [1.807, 2.05) is 30.3 Å². The lowest BCUT2D eigenvalue weighted by Crippen LogP contribution is -2.57. The highest BCUT2D eigenvalue weighted by molar-refractivity contribution is 5.94. The first kappa shape index (κ1) is 24.1. The maximum Gasteiger partial charge on any atom is 0.325 e. The van der Waals surface area contributed by atoms with E-state index in [0.717, 1.165) is 5.56 Å². The molecule has 0 saturated carbocycles. The van der Waals surface area contributed by atoms with Crippen LogP contribution in [-0.4, -0.2) is 53.0 Å². The Balaban J connectivity index is 2.87. The lowest BCUT2D eigenvalue weighted by molar-refractivity contribution is -0.141. The predicted octanol–water partition coefficient (Wildman–Crippen LogP) is -0.209. The summed E-state index contributed by atoms with van der Waals surface area (Å²) in [4.78, 5) is 48.1. The lowest BCUT2D eigenvalue weighted by atomic mass is 10.0. The van der Waals surface area contributed by atoms with Crippen LogP contribution in [0.5, 0.6) is 0 Å². The summed E-state index contributed by atoms with van der Waals surface area (Å²) in [7, 11) is 0. The van der Waals surface area contributed by atoms with E-state index in [4.69, 9.17) is 10.8 Å². The molecule has 0 aliphatic rings. The molecule has 1 rings (SSSR count). The molecule has 0 aliphatic heterocycles. The summed E-state index contributed by atoms with van der Waals surface area (Å²) >= 11 is 0. The molecule has 9 heteroatoms. The van der Waals surface area contributed by atoms with Crippen LogP contribution in [-0.2, 0) is 25.6 Å². The van der Waals surface area contributed by atoms with E-state index in [0.29, 0.717) is 0 Å². The zero-order valence-corrected chi connectivity index (χ0v) is 17.1. The molecule has 0 aliphatic carbocycles. The summed E-state index contributed by atoms with van der Waals surface area (Å²) < 4.78 is 0. The number of nitrogens with one attached hydrogen (secondary N) is 3. The number of hydrogen-bond donors (Lipinski definition) is 5. The lowest BCUT2D eigenvalue weighted by Gasteiger charge is -2.24. The molecule has 0 aromatic heterocycles. The quantitative estimate of drug-likeness (QED) is 0.363. The first-order chi connectivity index (χ1) is 13.5. The van der Waals surface area contributed by atoms with E-state index in [1.165, 1.54) is 13.8 Å². The van der Waals surface area contributed by atoms with Gasteiger partial charge in [-0.1, -0.05) is 44.2 Å².